The molecule has 2 heteroatoms. The summed E-state index contributed by atoms with van der Waals surface area (Å²) >= 11 is 3.37. The first kappa shape index (κ1) is 7.61. The molecule has 0 spiro atoms. The van der Waals surface area contributed by atoms with Crippen molar-refractivity contribution in [1.82, 2.24) is 0 Å². The number of halogens is 1. The van der Waals surface area contributed by atoms with Crippen molar-refractivity contribution in [2.24, 2.45) is 0 Å². The molecule has 0 aromatic heterocycles. The SMILES string of the molecule is COc1cc(C)ccc1Br. The van der Waals surface area contributed by atoms with Gasteiger partial charge in [0.1, 0.15) is 5.75 Å². The van der Waals surface area contributed by atoms with Gasteiger partial charge < -0.3 is 4.74 Å². The minimum Gasteiger partial charge on any atom is -0.496 e. The lowest BCUT2D eigenvalue weighted by Crippen LogP contribution is -1.84. The Morgan fingerprint density at radius 3 is 2.60 bits per heavy atom. The van der Waals surface area contributed by atoms with E-state index in [1.165, 1.54) is 5.56 Å². The van der Waals surface area contributed by atoms with E-state index in [1.807, 2.05) is 25.1 Å². The molecule has 0 aliphatic carbocycles. The van der Waals surface area contributed by atoms with Crippen molar-refractivity contribution in [1.29, 1.82) is 0 Å². The molecule has 1 rings (SSSR count). The largest absolute Gasteiger partial charge is 0.496 e. The lowest BCUT2D eigenvalue weighted by molar-refractivity contribution is 0.412. The topological polar surface area (TPSA) is 9.23 Å². The highest BCUT2D eigenvalue weighted by Crippen LogP contribution is 2.24. The summed E-state index contributed by atoms with van der Waals surface area (Å²) in [5.41, 5.74) is 1.21. The molecule has 0 atom stereocenters. The lowest BCUT2D eigenvalue weighted by atomic mass is 10.2. The predicted molar refractivity (Wildman–Crippen MR) is 45.4 cm³/mol. The fourth-order valence-corrected chi connectivity index (χ4v) is 1.18. The Bertz CT molecular complexity index is 233. The van der Waals surface area contributed by atoms with Crippen LogP contribution in [0.4, 0.5) is 0 Å². The molecule has 0 aliphatic heterocycles. The van der Waals surface area contributed by atoms with Gasteiger partial charge in [-0.3, -0.25) is 0 Å². The Morgan fingerprint density at radius 1 is 1.40 bits per heavy atom. The molecular weight excluding hydrogens is 192 g/mol. The molecule has 1 aromatic carbocycles. The number of benzene rings is 1. The van der Waals surface area contributed by atoms with Gasteiger partial charge in [-0.15, -0.1) is 0 Å². The average molecular weight is 201 g/mol. The van der Waals surface area contributed by atoms with Crippen molar-refractivity contribution in [3.8, 4) is 5.75 Å². The molecule has 1 nitrogen and oxygen atoms in total. The zero-order chi connectivity index (χ0) is 7.56. The molecule has 10 heavy (non-hydrogen) atoms. The summed E-state index contributed by atoms with van der Waals surface area (Å²) in [5, 5.41) is 0. The molecule has 0 bridgehead atoms. The van der Waals surface area contributed by atoms with Crippen molar-refractivity contribution >= 4 is 15.9 Å². The Balaban J connectivity index is 3.09. The Labute approximate surface area is 69.1 Å². The van der Waals surface area contributed by atoms with Crippen LogP contribution in [0.5, 0.6) is 5.75 Å². The van der Waals surface area contributed by atoms with E-state index >= 15 is 0 Å². The number of hydrogen-bond acceptors (Lipinski definition) is 1. The Kier molecular flexibility index (Phi) is 2.33. The highest BCUT2D eigenvalue weighted by molar-refractivity contribution is 9.10. The molecule has 0 N–H and O–H groups in total. The third-order valence-corrected chi connectivity index (χ3v) is 1.96. The van der Waals surface area contributed by atoms with E-state index in [9.17, 15) is 0 Å². The van der Waals surface area contributed by atoms with E-state index in [0.29, 0.717) is 0 Å². The van der Waals surface area contributed by atoms with Gasteiger partial charge in [-0.05, 0) is 40.5 Å². The van der Waals surface area contributed by atoms with Crippen molar-refractivity contribution in [3.63, 3.8) is 0 Å². The first-order valence-electron chi connectivity index (χ1n) is 3.04. The number of aryl methyl sites for hydroxylation is 1. The van der Waals surface area contributed by atoms with Crippen LogP contribution in [0.25, 0.3) is 0 Å². The second-order valence-electron chi connectivity index (χ2n) is 2.14. The monoisotopic (exact) mass is 200 g/mol. The molecule has 0 amide bonds. The molecule has 0 saturated carbocycles. The fourth-order valence-electron chi connectivity index (χ4n) is 0.767. The van der Waals surface area contributed by atoms with Crippen LogP contribution in [0.15, 0.2) is 22.7 Å². The molecule has 0 unspecified atom stereocenters. The zero-order valence-electron chi connectivity index (χ0n) is 6.02. The number of ether oxygens (including phenoxy) is 1. The molecule has 54 valence electrons. The van der Waals surface area contributed by atoms with Crippen molar-refractivity contribution in [3.05, 3.63) is 28.2 Å². The standard InChI is InChI=1S/C8H9BrO/c1-6-3-4-7(9)8(5-6)10-2/h3-5H,1-2H3. The van der Waals surface area contributed by atoms with Crippen LogP contribution in [0, 0.1) is 6.92 Å². The van der Waals surface area contributed by atoms with Crippen LogP contribution < -0.4 is 4.74 Å². The van der Waals surface area contributed by atoms with Crippen LogP contribution in [0.3, 0.4) is 0 Å². The van der Waals surface area contributed by atoms with Gasteiger partial charge in [-0.1, -0.05) is 6.07 Å². The summed E-state index contributed by atoms with van der Waals surface area (Å²) in [6, 6.07) is 6.00. The van der Waals surface area contributed by atoms with Crippen LogP contribution >= 0.6 is 15.9 Å². The maximum Gasteiger partial charge on any atom is 0.133 e. The van der Waals surface area contributed by atoms with Crippen molar-refractivity contribution in [2.45, 2.75) is 6.92 Å². The first-order chi connectivity index (χ1) is 4.74. The summed E-state index contributed by atoms with van der Waals surface area (Å²) in [5.74, 6) is 0.889. The normalized spacial score (nSPS) is 9.50. The molecule has 0 radical (unpaired) electrons. The maximum atomic E-state index is 5.08. The van der Waals surface area contributed by atoms with Gasteiger partial charge in [0, 0.05) is 0 Å². The molecule has 0 aliphatic rings. The Hall–Kier alpha value is -0.500. The highest BCUT2D eigenvalue weighted by Gasteiger charge is 1.96. The molecule has 1 aromatic rings. The highest BCUT2D eigenvalue weighted by atomic mass is 79.9. The number of hydrogen-bond donors (Lipinski definition) is 0. The summed E-state index contributed by atoms with van der Waals surface area (Å²) in [7, 11) is 1.67. The smallest absolute Gasteiger partial charge is 0.133 e. The molecule has 0 saturated heterocycles. The van der Waals surface area contributed by atoms with Gasteiger partial charge in [0.2, 0.25) is 0 Å². The number of rotatable bonds is 1. The summed E-state index contributed by atoms with van der Waals surface area (Å²) in [6.45, 7) is 2.04. The third kappa shape index (κ3) is 1.51. The van der Waals surface area contributed by atoms with E-state index in [1.54, 1.807) is 7.11 Å². The lowest BCUT2D eigenvalue weighted by Gasteiger charge is -2.02. The van der Waals surface area contributed by atoms with E-state index in [0.717, 1.165) is 10.2 Å². The Morgan fingerprint density at radius 2 is 2.10 bits per heavy atom. The molecule has 0 fully saturated rings. The van der Waals surface area contributed by atoms with Gasteiger partial charge in [0.15, 0.2) is 0 Å². The van der Waals surface area contributed by atoms with Gasteiger partial charge in [0.05, 0.1) is 11.6 Å². The van der Waals surface area contributed by atoms with E-state index in [4.69, 9.17) is 4.74 Å². The summed E-state index contributed by atoms with van der Waals surface area (Å²) in [6.07, 6.45) is 0. The van der Waals surface area contributed by atoms with Gasteiger partial charge >= 0.3 is 0 Å². The van der Waals surface area contributed by atoms with Crippen LogP contribution in [-0.4, -0.2) is 7.11 Å². The van der Waals surface area contributed by atoms with Crippen LogP contribution in [-0.2, 0) is 0 Å². The second kappa shape index (κ2) is 3.06. The zero-order valence-corrected chi connectivity index (χ0v) is 7.60. The van der Waals surface area contributed by atoms with Crippen molar-refractivity contribution in [2.75, 3.05) is 7.11 Å². The first-order valence-corrected chi connectivity index (χ1v) is 3.83. The minimum absolute atomic E-state index is 0.889. The maximum absolute atomic E-state index is 5.08. The third-order valence-electron chi connectivity index (χ3n) is 1.31. The second-order valence-corrected chi connectivity index (χ2v) is 2.99. The van der Waals surface area contributed by atoms with Gasteiger partial charge in [-0.25, -0.2) is 0 Å². The van der Waals surface area contributed by atoms with E-state index in [2.05, 4.69) is 15.9 Å². The van der Waals surface area contributed by atoms with E-state index < -0.39 is 0 Å². The van der Waals surface area contributed by atoms with Crippen molar-refractivity contribution < 1.29 is 4.74 Å². The van der Waals surface area contributed by atoms with Crippen LogP contribution in [0.1, 0.15) is 5.56 Å². The van der Waals surface area contributed by atoms with E-state index in [-0.39, 0.29) is 0 Å². The fraction of sp³-hybridized carbons (Fsp3) is 0.250. The van der Waals surface area contributed by atoms with Gasteiger partial charge in [0.25, 0.3) is 0 Å². The average Bonchev–Trinajstić information content (AvgIpc) is 1.94. The summed E-state index contributed by atoms with van der Waals surface area (Å²) in [4.78, 5) is 0. The minimum atomic E-state index is 0.889. The van der Waals surface area contributed by atoms with Crippen LogP contribution in [0.2, 0.25) is 0 Å². The van der Waals surface area contributed by atoms with Gasteiger partial charge in [-0.2, -0.15) is 0 Å². The number of methoxy groups -OCH3 is 1. The molecule has 0 heterocycles. The molecular formula is C8H9BrO. The summed E-state index contributed by atoms with van der Waals surface area (Å²) < 4.78 is 6.08. The quantitative estimate of drug-likeness (QED) is 0.678. The predicted octanol–water partition coefficient (Wildman–Crippen LogP) is 2.77.